The molecule has 0 fully saturated rings. The zero-order chi connectivity index (χ0) is 10.7. The molecule has 1 heterocycles. The molecule has 1 aromatic rings. The molecule has 0 saturated carbocycles. The molecule has 0 bridgehead atoms. The molecule has 1 N–H and O–H groups in total. The Labute approximate surface area is 86.9 Å². The molecule has 76 valence electrons. The normalized spacial score (nSPS) is 9.93. The van der Waals surface area contributed by atoms with Gasteiger partial charge in [-0.2, -0.15) is 0 Å². The van der Waals surface area contributed by atoms with Crippen molar-refractivity contribution >= 4 is 23.3 Å². The van der Waals surface area contributed by atoms with Crippen molar-refractivity contribution in [3.63, 3.8) is 0 Å². The molecule has 0 atom stereocenters. The Balaban J connectivity index is 3.05. The van der Waals surface area contributed by atoms with E-state index < -0.39 is 0 Å². The van der Waals surface area contributed by atoms with Crippen LogP contribution in [0.25, 0.3) is 0 Å². The van der Waals surface area contributed by atoms with Gasteiger partial charge >= 0.3 is 0 Å². The number of rotatable bonds is 3. The predicted molar refractivity (Wildman–Crippen MR) is 53.9 cm³/mol. The Morgan fingerprint density at radius 2 is 2.21 bits per heavy atom. The Bertz CT molecular complexity index is 371. The lowest BCUT2D eigenvalue weighted by molar-refractivity contribution is 0.0954. The van der Waals surface area contributed by atoms with Crippen molar-refractivity contribution in [3.8, 4) is 0 Å². The number of carbonyl (C=O) groups is 2. The van der Waals surface area contributed by atoms with E-state index in [-0.39, 0.29) is 17.6 Å². The van der Waals surface area contributed by atoms with Gasteiger partial charge in [-0.15, -0.1) is 11.6 Å². The molecule has 5 heteroatoms. The molecule has 0 unspecified atom stereocenters. The number of halogens is 1. The lowest BCUT2D eigenvalue weighted by Crippen LogP contribution is -2.20. The van der Waals surface area contributed by atoms with Crippen LogP contribution < -0.4 is 5.32 Å². The zero-order valence-corrected chi connectivity index (χ0v) is 8.76. The van der Waals surface area contributed by atoms with Crippen molar-refractivity contribution in [1.82, 2.24) is 9.88 Å². The fourth-order valence-electron chi connectivity index (χ4n) is 1.15. The van der Waals surface area contributed by atoms with Crippen LogP contribution in [0, 0.1) is 0 Å². The summed E-state index contributed by atoms with van der Waals surface area (Å²) in [7, 11) is 3.24. The smallest absolute Gasteiger partial charge is 0.267 e. The van der Waals surface area contributed by atoms with E-state index in [0.29, 0.717) is 11.3 Å². The number of alkyl halides is 1. The van der Waals surface area contributed by atoms with Gasteiger partial charge in [-0.25, -0.2) is 0 Å². The number of amides is 1. The lowest BCUT2D eigenvalue weighted by atomic mass is 10.2. The van der Waals surface area contributed by atoms with Crippen LogP contribution in [0.2, 0.25) is 0 Å². The molecule has 0 radical (unpaired) electrons. The van der Waals surface area contributed by atoms with Gasteiger partial charge in [0.1, 0.15) is 5.69 Å². The molecule has 4 nitrogen and oxygen atoms in total. The van der Waals surface area contributed by atoms with E-state index in [1.165, 1.54) is 6.07 Å². The number of nitrogens with zero attached hydrogens (tertiary/aromatic N) is 1. The first-order chi connectivity index (χ1) is 6.60. The van der Waals surface area contributed by atoms with E-state index in [2.05, 4.69) is 5.32 Å². The summed E-state index contributed by atoms with van der Waals surface area (Å²) in [5.74, 6) is -0.476. The standard InChI is InChI=1S/C9H11ClN2O2/c1-11-9(14)7-3-6(5-12(7)2)8(13)4-10/h3,5H,4H2,1-2H3,(H,11,14). The Morgan fingerprint density at radius 1 is 1.57 bits per heavy atom. The maximum absolute atomic E-state index is 11.3. The Morgan fingerprint density at radius 3 is 2.71 bits per heavy atom. The van der Waals surface area contributed by atoms with Crippen LogP contribution in [0.4, 0.5) is 0 Å². The summed E-state index contributed by atoms with van der Waals surface area (Å²) in [5.41, 5.74) is 0.905. The molecule has 0 saturated heterocycles. The molecule has 0 spiro atoms. The summed E-state index contributed by atoms with van der Waals surface area (Å²) in [6.45, 7) is 0. The molecule has 0 aliphatic rings. The second-order valence-corrected chi connectivity index (χ2v) is 3.13. The summed E-state index contributed by atoms with van der Waals surface area (Å²) < 4.78 is 1.60. The fourth-order valence-corrected chi connectivity index (χ4v) is 1.30. The number of carbonyl (C=O) groups excluding carboxylic acids is 2. The lowest BCUT2D eigenvalue weighted by Gasteiger charge is -1.99. The molecule has 1 aromatic heterocycles. The highest BCUT2D eigenvalue weighted by Crippen LogP contribution is 2.08. The number of hydrogen-bond acceptors (Lipinski definition) is 2. The number of aryl methyl sites for hydroxylation is 1. The van der Waals surface area contributed by atoms with Crippen LogP contribution in [0.15, 0.2) is 12.3 Å². The fraction of sp³-hybridized carbons (Fsp3) is 0.333. The van der Waals surface area contributed by atoms with Crippen molar-refractivity contribution in [2.24, 2.45) is 7.05 Å². The summed E-state index contributed by atoms with van der Waals surface area (Å²) in [6.07, 6.45) is 1.59. The van der Waals surface area contributed by atoms with Gasteiger partial charge in [0.05, 0.1) is 5.88 Å². The van der Waals surface area contributed by atoms with Gasteiger partial charge in [0.2, 0.25) is 0 Å². The van der Waals surface area contributed by atoms with Gasteiger partial charge < -0.3 is 9.88 Å². The van der Waals surface area contributed by atoms with E-state index in [9.17, 15) is 9.59 Å². The summed E-state index contributed by atoms with van der Waals surface area (Å²) >= 11 is 5.40. The van der Waals surface area contributed by atoms with Crippen molar-refractivity contribution in [2.75, 3.05) is 12.9 Å². The molecular formula is C9H11ClN2O2. The summed E-state index contributed by atoms with van der Waals surface area (Å²) in [6, 6.07) is 1.53. The number of aromatic nitrogens is 1. The SMILES string of the molecule is CNC(=O)c1cc(C(=O)CCl)cn1C. The first-order valence-corrected chi connectivity index (χ1v) is 4.61. The maximum atomic E-state index is 11.3. The Kier molecular flexibility index (Phi) is 3.30. The highest BCUT2D eigenvalue weighted by Gasteiger charge is 2.13. The van der Waals surface area contributed by atoms with E-state index >= 15 is 0 Å². The van der Waals surface area contributed by atoms with Crippen molar-refractivity contribution in [2.45, 2.75) is 0 Å². The number of hydrogen-bond donors (Lipinski definition) is 1. The topological polar surface area (TPSA) is 51.1 Å². The molecule has 1 rings (SSSR count). The summed E-state index contributed by atoms with van der Waals surface area (Å²) in [4.78, 5) is 22.5. The Hall–Kier alpha value is -1.29. The van der Waals surface area contributed by atoms with Gasteiger partial charge in [-0.1, -0.05) is 0 Å². The van der Waals surface area contributed by atoms with Gasteiger partial charge in [-0.05, 0) is 6.07 Å². The molecule has 0 aromatic carbocycles. The minimum atomic E-state index is -0.221. The maximum Gasteiger partial charge on any atom is 0.267 e. The molecule has 14 heavy (non-hydrogen) atoms. The highest BCUT2D eigenvalue weighted by molar-refractivity contribution is 6.30. The van der Waals surface area contributed by atoms with Crippen LogP contribution in [-0.4, -0.2) is 29.2 Å². The molecule has 0 aliphatic heterocycles. The molecular weight excluding hydrogens is 204 g/mol. The van der Waals surface area contributed by atoms with Crippen LogP contribution >= 0.6 is 11.6 Å². The zero-order valence-electron chi connectivity index (χ0n) is 8.00. The van der Waals surface area contributed by atoms with Gasteiger partial charge in [-0.3, -0.25) is 9.59 Å². The number of ketones is 1. The van der Waals surface area contributed by atoms with Gasteiger partial charge in [0, 0.05) is 25.9 Å². The first kappa shape index (κ1) is 10.8. The monoisotopic (exact) mass is 214 g/mol. The second-order valence-electron chi connectivity index (χ2n) is 2.86. The quantitative estimate of drug-likeness (QED) is 0.598. The summed E-state index contributed by atoms with van der Waals surface area (Å²) in [5, 5.41) is 2.49. The predicted octanol–water partition coefficient (Wildman–Crippen LogP) is 0.806. The van der Waals surface area contributed by atoms with Gasteiger partial charge in [0.15, 0.2) is 5.78 Å². The van der Waals surface area contributed by atoms with Crippen molar-refractivity contribution in [1.29, 1.82) is 0 Å². The van der Waals surface area contributed by atoms with E-state index in [4.69, 9.17) is 11.6 Å². The van der Waals surface area contributed by atoms with Crippen molar-refractivity contribution in [3.05, 3.63) is 23.5 Å². The second kappa shape index (κ2) is 4.28. The highest BCUT2D eigenvalue weighted by atomic mass is 35.5. The number of Topliss-reactive ketones (excluding diaryl/α,β-unsaturated/α-hetero) is 1. The van der Waals surface area contributed by atoms with E-state index in [0.717, 1.165) is 0 Å². The average molecular weight is 215 g/mol. The number of nitrogens with one attached hydrogen (secondary N) is 1. The van der Waals surface area contributed by atoms with Crippen LogP contribution in [-0.2, 0) is 7.05 Å². The third-order valence-electron chi connectivity index (χ3n) is 1.91. The van der Waals surface area contributed by atoms with Crippen LogP contribution in [0.5, 0.6) is 0 Å². The van der Waals surface area contributed by atoms with E-state index in [1.54, 1.807) is 24.9 Å². The molecule has 1 amide bonds. The van der Waals surface area contributed by atoms with Crippen LogP contribution in [0.1, 0.15) is 20.8 Å². The largest absolute Gasteiger partial charge is 0.354 e. The molecule has 0 aliphatic carbocycles. The van der Waals surface area contributed by atoms with Crippen LogP contribution in [0.3, 0.4) is 0 Å². The first-order valence-electron chi connectivity index (χ1n) is 4.07. The van der Waals surface area contributed by atoms with Gasteiger partial charge in [0.25, 0.3) is 5.91 Å². The van der Waals surface area contributed by atoms with Crippen molar-refractivity contribution < 1.29 is 9.59 Å². The van der Waals surface area contributed by atoms with E-state index in [1.807, 2.05) is 0 Å². The third-order valence-corrected chi connectivity index (χ3v) is 2.15. The third kappa shape index (κ3) is 1.96. The minimum absolute atomic E-state index is 0.0722. The average Bonchev–Trinajstić information content (AvgIpc) is 2.58. The minimum Gasteiger partial charge on any atom is -0.354 e.